The monoisotopic (exact) mass is 404 g/mol. The molecule has 1 spiro atoms. The molecule has 8 aliphatic rings. The van der Waals surface area contributed by atoms with Gasteiger partial charge >= 0.3 is 5.97 Å². The molecule has 7 aliphatic carbocycles. The standard InChI is InChI=1S/C27H32O3/c1-25-7-5-18-16(24(25)17-11-21(17)27(25)8-6-23(29)30-27)9-14(13-3-4-13)20-12-22(28)15-10-19(15)26(18,20)2/h5,7,12-19,21,24H,3-4,6,8-11H2,1-2H3. The molecular formula is C27H32O3. The van der Waals surface area contributed by atoms with E-state index in [0.717, 1.165) is 24.7 Å². The van der Waals surface area contributed by atoms with Crippen LogP contribution in [0.4, 0.5) is 0 Å². The van der Waals surface area contributed by atoms with Gasteiger partial charge in [0.25, 0.3) is 0 Å². The second-order valence-electron chi connectivity index (χ2n) is 12.6. The fraction of sp³-hybridized carbons (Fsp3) is 0.778. The molecule has 0 amide bonds. The van der Waals surface area contributed by atoms with E-state index in [-0.39, 0.29) is 22.4 Å². The Morgan fingerprint density at radius 2 is 1.83 bits per heavy atom. The normalized spacial score (nSPS) is 61.5. The molecule has 11 unspecified atom stereocenters. The number of fused-ring (bicyclic) bond motifs is 11. The van der Waals surface area contributed by atoms with Gasteiger partial charge in [-0.3, -0.25) is 9.59 Å². The maximum absolute atomic E-state index is 12.7. The number of ether oxygens (including phenoxy) is 1. The molecule has 1 heterocycles. The molecule has 5 saturated carbocycles. The van der Waals surface area contributed by atoms with Crippen molar-refractivity contribution >= 4 is 11.8 Å². The molecule has 11 atom stereocenters. The second kappa shape index (κ2) is 4.84. The SMILES string of the molecule is CC12C(=CC(=O)C3CC31)C(C1CC1)CC1C2C=CC2(C)C1C1CC1C21CCC(=O)O1. The molecule has 30 heavy (non-hydrogen) atoms. The highest BCUT2D eigenvalue weighted by Crippen LogP contribution is 2.79. The van der Waals surface area contributed by atoms with Crippen LogP contribution in [0.3, 0.4) is 0 Å². The van der Waals surface area contributed by atoms with E-state index in [1.807, 2.05) is 0 Å². The molecule has 0 bridgehead atoms. The summed E-state index contributed by atoms with van der Waals surface area (Å²) < 4.78 is 6.23. The van der Waals surface area contributed by atoms with Crippen LogP contribution in [0.2, 0.25) is 0 Å². The van der Waals surface area contributed by atoms with Gasteiger partial charge in [-0.25, -0.2) is 0 Å². The summed E-state index contributed by atoms with van der Waals surface area (Å²) in [5.74, 6) is 6.01. The van der Waals surface area contributed by atoms with Gasteiger partial charge in [-0.05, 0) is 91.4 Å². The number of allylic oxidation sites excluding steroid dienone is 3. The van der Waals surface area contributed by atoms with Gasteiger partial charge < -0.3 is 4.74 Å². The van der Waals surface area contributed by atoms with Crippen LogP contribution in [0.1, 0.15) is 58.8 Å². The molecule has 8 rings (SSSR count). The lowest BCUT2D eigenvalue weighted by Gasteiger charge is -2.59. The number of rotatable bonds is 1. The predicted molar refractivity (Wildman–Crippen MR) is 111 cm³/mol. The quantitative estimate of drug-likeness (QED) is 0.469. The molecule has 6 fully saturated rings. The molecule has 0 aromatic rings. The van der Waals surface area contributed by atoms with Crippen LogP contribution in [0.15, 0.2) is 23.8 Å². The molecule has 0 N–H and O–H groups in total. The largest absolute Gasteiger partial charge is 0.458 e. The minimum Gasteiger partial charge on any atom is -0.458 e. The first-order chi connectivity index (χ1) is 14.4. The van der Waals surface area contributed by atoms with Crippen molar-refractivity contribution in [3.05, 3.63) is 23.8 Å². The van der Waals surface area contributed by atoms with E-state index in [0.29, 0.717) is 53.6 Å². The van der Waals surface area contributed by atoms with Crippen molar-refractivity contribution in [1.82, 2.24) is 0 Å². The Kier molecular flexibility index (Phi) is 2.77. The Labute approximate surface area is 178 Å². The summed E-state index contributed by atoms with van der Waals surface area (Å²) in [4.78, 5) is 25.0. The number of hydrogen-bond donors (Lipinski definition) is 0. The van der Waals surface area contributed by atoms with Crippen molar-refractivity contribution in [3.63, 3.8) is 0 Å². The lowest BCUT2D eigenvalue weighted by atomic mass is 9.45. The zero-order valence-electron chi connectivity index (χ0n) is 18.1. The summed E-state index contributed by atoms with van der Waals surface area (Å²) in [5.41, 5.74) is 1.50. The van der Waals surface area contributed by atoms with Gasteiger partial charge in [0.1, 0.15) is 5.60 Å². The van der Waals surface area contributed by atoms with Gasteiger partial charge in [0.15, 0.2) is 5.78 Å². The van der Waals surface area contributed by atoms with Crippen LogP contribution in [-0.4, -0.2) is 17.4 Å². The van der Waals surface area contributed by atoms with Crippen molar-refractivity contribution in [2.24, 2.45) is 64.1 Å². The average Bonchev–Trinajstić information content (AvgIpc) is 3.56. The van der Waals surface area contributed by atoms with E-state index in [2.05, 4.69) is 32.1 Å². The first-order valence-corrected chi connectivity index (χ1v) is 12.6. The maximum Gasteiger partial charge on any atom is 0.306 e. The van der Waals surface area contributed by atoms with Crippen LogP contribution in [0.5, 0.6) is 0 Å². The van der Waals surface area contributed by atoms with Crippen molar-refractivity contribution in [3.8, 4) is 0 Å². The fourth-order valence-electron chi connectivity index (χ4n) is 10.2. The lowest BCUT2D eigenvalue weighted by molar-refractivity contribution is -0.162. The molecule has 158 valence electrons. The summed E-state index contributed by atoms with van der Waals surface area (Å²) >= 11 is 0. The molecule has 1 aliphatic heterocycles. The van der Waals surface area contributed by atoms with Gasteiger partial charge in [0, 0.05) is 23.7 Å². The summed E-state index contributed by atoms with van der Waals surface area (Å²) in [6.45, 7) is 4.96. The summed E-state index contributed by atoms with van der Waals surface area (Å²) in [7, 11) is 0. The zero-order valence-corrected chi connectivity index (χ0v) is 18.1. The third-order valence-corrected chi connectivity index (χ3v) is 11.7. The topological polar surface area (TPSA) is 43.4 Å². The highest BCUT2D eigenvalue weighted by atomic mass is 16.6. The second-order valence-corrected chi connectivity index (χ2v) is 12.6. The van der Waals surface area contributed by atoms with Crippen LogP contribution in [0, 0.1) is 64.1 Å². The minimum absolute atomic E-state index is 0.00697. The zero-order chi connectivity index (χ0) is 20.2. The summed E-state index contributed by atoms with van der Waals surface area (Å²) in [5, 5.41) is 0. The fourth-order valence-corrected chi connectivity index (χ4v) is 10.2. The van der Waals surface area contributed by atoms with E-state index in [1.54, 1.807) is 0 Å². The number of carbonyl (C=O) groups excluding carboxylic acids is 2. The minimum atomic E-state index is -0.225. The van der Waals surface area contributed by atoms with Gasteiger partial charge in [0.05, 0.1) is 0 Å². The number of ketones is 1. The van der Waals surface area contributed by atoms with Crippen molar-refractivity contribution in [1.29, 1.82) is 0 Å². The third-order valence-electron chi connectivity index (χ3n) is 11.7. The predicted octanol–water partition coefficient (Wildman–Crippen LogP) is 4.72. The Bertz CT molecular complexity index is 973. The molecule has 3 nitrogen and oxygen atoms in total. The Morgan fingerprint density at radius 3 is 2.57 bits per heavy atom. The molecule has 0 radical (unpaired) electrons. The van der Waals surface area contributed by atoms with E-state index in [1.165, 1.54) is 31.3 Å². The molecule has 0 aromatic carbocycles. The van der Waals surface area contributed by atoms with Gasteiger partial charge in [-0.15, -0.1) is 0 Å². The Hall–Kier alpha value is -1.38. The van der Waals surface area contributed by atoms with Crippen molar-refractivity contribution < 1.29 is 14.3 Å². The van der Waals surface area contributed by atoms with Crippen molar-refractivity contribution in [2.45, 2.75) is 64.4 Å². The van der Waals surface area contributed by atoms with Crippen LogP contribution < -0.4 is 0 Å². The Balaban J connectivity index is 1.29. The maximum atomic E-state index is 12.7. The summed E-state index contributed by atoms with van der Waals surface area (Å²) in [6.07, 6.45) is 15.1. The number of hydrogen-bond acceptors (Lipinski definition) is 3. The average molecular weight is 405 g/mol. The molecular weight excluding hydrogens is 372 g/mol. The van der Waals surface area contributed by atoms with E-state index in [9.17, 15) is 9.59 Å². The van der Waals surface area contributed by atoms with Gasteiger partial charge in [-0.1, -0.05) is 31.6 Å². The van der Waals surface area contributed by atoms with E-state index in [4.69, 9.17) is 4.74 Å². The van der Waals surface area contributed by atoms with Gasteiger partial charge in [0.2, 0.25) is 0 Å². The van der Waals surface area contributed by atoms with Crippen LogP contribution >= 0.6 is 0 Å². The number of esters is 1. The first kappa shape index (κ1) is 17.2. The van der Waals surface area contributed by atoms with Crippen LogP contribution in [-0.2, 0) is 14.3 Å². The van der Waals surface area contributed by atoms with E-state index >= 15 is 0 Å². The molecule has 3 heteroatoms. The number of carbonyl (C=O) groups is 2. The smallest absolute Gasteiger partial charge is 0.306 e. The van der Waals surface area contributed by atoms with Crippen LogP contribution in [0.25, 0.3) is 0 Å². The highest BCUT2D eigenvalue weighted by molar-refractivity contribution is 5.96. The van der Waals surface area contributed by atoms with Gasteiger partial charge in [-0.2, -0.15) is 0 Å². The van der Waals surface area contributed by atoms with E-state index < -0.39 is 0 Å². The third kappa shape index (κ3) is 1.69. The Morgan fingerprint density at radius 1 is 1.00 bits per heavy atom. The molecule has 0 aromatic heterocycles. The lowest BCUT2D eigenvalue weighted by Crippen LogP contribution is -2.56. The first-order valence-electron chi connectivity index (χ1n) is 12.6. The summed E-state index contributed by atoms with van der Waals surface area (Å²) in [6, 6.07) is 0. The molecule has 1 saturated heterocycles. The van der Waals surface area contributed by atoms with Crippen molar-refractivity contribution in [2.75, 3.05) is 0 Å². The highest BCUT2D eigenvalue weighted by Gasteiger charge is 2.79.